The van der Waals surface area contributed by atoms with Crippen molar-refractivity contribution in [2.75, 3.05) is 0 Å². The van der Waals surface area contributed by atoms with Crippen LogP contribution in [0.3, 0.4) is 0 Å². The number of aliphatic hydroxyl groups excluding tert-OH is 1. The second kappa shape index (κ2) is 3.35. The molecule has 1 saturated carbocycles. The van der Waals surface area contributed by atoms with Crippen molar-refractivity contribution in [2.45, 2.75) is 25.4 Å². The van der Waals surface area contributed by atoms with Crippen molar-refractivity contribution in [3.05, 3.63) is 36.2 Å². The molecular weight excluding hydrogens is 188 g/mol. The lowest BCUT2D eigenvalue weighted by molar-refractivity contribution is 0.162. The Kier molecular flexibility index (Phi) is 1.99. The first-order chi connectivity index (χ1) is 7.34. The molecule has 78 valence electrons. The summed E-state index contributed by atoms with van der Waals surface area (Å²) in [6.45, 7) is 0. The summed E-state index contributed by atoms with van der Waals surface area (Å²) in [4.78, 5) is 0. The van der Waals surface area contributed by atoms with E-state index in [0.29, 0.717) is 0 Å². The third kappa shape index (κ3) is 1.63. The zero-order chi connectivity index (χ0) is 10.3. The van der Waals surface area contributed by atoms with E-state index < -0.39 is 0 Å². The van der Waals surface area contributed by atoms with Crippen molar-refractivity contribution in [1.82, 2.24) is 9.61 Å². The highest BCUT2D eigenvalue weighted by atomic mass is 16.3. The van der Waals surface area contributed by atoms with E-state index in [1.54, 1.807) is 6.20 Å². The Morgan fingerprint density at radius 3 is 3.13 bits per heavy atom. The largest absolute Gasteiger partial charge is 0.388 e. The van der Waals surface area contributed by atoms with Gasteiger partial charge >= 0.3 is 0 Å². The second-order valence-corrected chi connectivity index (χ2v) is 4.33. The maximum Gasteiger partial charge on any atom is 0.0829 e. The quantitative estimate of drug-likeness (QED) is 0.828. The monoisotopic (exact) mass is 202 g/mol. The number of aromatic nitrogens is 2. The van der Waals surface area contributed by atoms with Crippen LogP contribution in [0.5, 0.6) is 0 Å². The highest BCUT2D eigenvalue weighted by Crippen LogP contribution is 2.38. The van der Waals surface area contributed by atoms with Gasteiger partial charge < -0.3 is 5.11 Å². The van der Waals surface area contributed by atoms with E-state index in [1.807, 2.05) is 28.9 Å². The van der Waals surface area contributed by atoms with Gasteiger partial charge in [-0.15, -0.1) is 0 Å². The maximum absolute atomic E-state index is 10.1. The first-order valence-electron chi connectivity index (χ1n) is 5.45. The van der Waals surface area contributed by atoms with Gasteiger partial charge in [0.1, 0.15) is 0 Å². The minimum absolute atomic E-state index is 0.350. The molecule has 2 heterocycles. The molecule has 0 aliphatic heterocycles. The first-order valence-corrected chi connectivity index (χ1v) is 5.45. The van der Waals surface area contributed by atoms with Crippen LogP contribution < -0.4 is 0 Å². The first kappa shape index (κ1) is 8.92. The summed E-state index contributed by atoms with van der Waals surface area (Å²) >= 11 is 0. The summed E-state index contributed by atoms with van der Waals surface area (Å²) in [5.41, 5.74) is 1.98. The lowest BCUT2D eigenvalue weighted by atomic mass is 10.1. The molecular formula is C12H14N2O. The van der Waals surface area contributed by atoms with Gasteiger partial charge in [0.15, 0.2) is 0 Å². The topological polar surface area (TPSA) is 37.5 Å². The minimum atomic E-state index is -0.350. The Morgan fingerprint density at radius 2 is 2.33 bits per heavy atom. The van der Waals surface area contributed by atoms with Gasteiger partial charge in [-0.25, -0.2) is 4.52 Å². The molecule has 3 nitrogen and oxygen atoms in total. The molecule has 1 N–H and O–H groups in total. The molecule has 0 amide bonds. The van der Waals surface area contributed by atoms with E-state index in [9.17, 15) is 5.11 Å². The van der Waals surface area contributed by atoms with Crippen LogP contribution >= 0.6 is 0 Å². The standard InChI is InChI=1S/C12H14N2O/c15-12(7-9-4-5-9)10-8-13-14-6-2-1-3-11(10)14/h1-3,6,8-9,12,15H,4-5,7H2. The smallest absolute Gasteiger partial charge is 0.0829 e. The normalized spacial score (nSPS) is 18.2. The summed E-state index contributed by atoms with van der Waals surface area (Å²) < 4.78 is 1.81. The Labute approximate surface area is 88.4 Å². The van der Waals surface area contributed by atoms with Crippen molar-refractivity contribution >= 4 is 5.52 Å². The Bertz CT molecular complexity index is 473. The fourth-order valence-electron chi connectivity index (χ4n) is 2.01. The SMILES string of the molecule is OC(CC1CC1)c1cnn2ccccc12. The van der Waals surface area contributed by atoms with Crippen LogP contribution in [0.15, 0.2) is 30.6 Å². The highest BCUT2D eigenvalue weighted by Gasteiger charge is 2.26. The molecule has 0 bridgehead atoms. The fourth-order valence-corrected chi connectivity index (χ4v) is 2.01. The lowest BCUT2D eigenvalue weighted by Crippen LogP contribution is -1.97. The molecule has 1 aliphatic carbocycles. The van der Waals surface area contributed by atoms with Crippen LogP contribution in [0.25, 0.3) is 5.52 Å². The molecule has 2 aromatic rings. The number of rotatable bonds is 3. The molecule has 0 spiro atoms. The molecule has 2 aromatic heterocycles. The predicted molar refractivity (Wildman–Crippen MR) is 57.5 cm³/mol. The molecule has 15 heavy (non-hydrogen) atoms. The highest BCUT2D eigenvalue weighted by molar-refractivity contribution is 5.54. The Hall–Kier alpha value is -1.35. The van der Waals surface area contributed by atoms with Gasteiger partial charge in [-0.3, -0.25) is 0 Å². The maximum atomic E-state index is 10.1. The molecule has 1 aliphatic rings. The van der Waals surface area contributed by atoms with Gasteiger partial charge in [0, 0.05) is 11.8 Å². The van der Waals surface area contributed by atoms with E-state index in [2.05, 4.69) is 5.10 Å². The summed E-state index contributed by atoms with van der Waals surface area (Å²) in [6.07, 6.45) is 6.77. The molecule has 0 saturated heterocycles. The van der Waals surface area contributed by atoms with E-state index in [-0.39, 0.29) is 6.10 Å². The van der Waals surface area contributed by atoms with Crippen LogP contribution in [0.4, 0.5) is 0 Å². The fraction of sp³-hybridized carbons (Fsp3) is 0.417. The van der Waals surface area contributed by atoms with Gasteiger partial charge in [0.2, 0.25) is 0 Å². The molecule has 3 heteroatoms. The summed E-state index contributed by atoms with van der Waals surface area (Å²) in [5, 5.41) is 14.3. The summed E-state index contributed by atoms with van der Waals surface area (Å²) in [5.74, 6) is 0.735. The summed E-state index contributed by atoms with van der Waals surface area (Å²) in [7, 11) is 0. The van der Waals surface area contributed by atoms with Crippen LogP contribution in [0.1, 0.15) is 30.9 Å². The average molecular weight is 202 g/mol. The molecule has 1 fully saturated rings. The van der Waals surface area contributed by atoms with Gasteiger partial charge in [-0.1, -0.05) is 18.9 Å². The minimum Gasteiger partial charge on any atom is -0.388 e. The zero-order valence-corrected chi connectivity index (χ0v) is 8.50. The average Bonchev–Trinajstić information content (AvgIpc) is 2.96. The van der Waals surface area contributed by atoms with Crippen molar-refractivity contribution in [3.8, 4) is 0 Å². The van der Waals surface area contributed by atoms with E-state index >= 15 is 0 Å². The van der Waals surface area contributed by atoms with E-state index in [1.165, 1.54) is 12.8 Å². The summed E-state index contributed by atoms with van der Waals surface area (Å²) in [6, 6.07) is 5.92. The number of fused-ring (bicyclic) bond motifs is 1. The number of hydrogen-bond acceptors (Lipinski definition) is 2. The van der Waals surface area contributed by atoms with E-state index in [0.717, 1.165) is 23.4 Å². The molecule has 1 atom stereocenters. The molecule has 3 rings (SSSR count). The Balaban J connectivity index is 1.95. The van der Waals surface area contributed by atoms with Crippen LogP contribution in [0.2, 0.25) is 0 Å². The third-order valence-electron chi connectivity index (χ3n) is 3.07. The molecule has 0 aromatic carbocycles. The number of nitrogens with zero attached hydrogens (tertiary/aromatic N) is 2. The third-order valence-corrected chi connectivity index (χ3v) is 3.07. The van der Waals surface area contributed by atoms with Crippen molar-refractivity contribution in [1.29, 1.82) is 0 Å². The van der Waals surface area contributed by atoms with Gasteiger partial charge in [0.25, 0.3) is 0 Å². The lowest BCUT2D eigenvalue weighted by Gasteiger charge is -2.07. The molecule has 0 radical (unpaired) electrons. The molecule has 1 unspecified atom stereocenters. The second-order valence-electron chi connectivity index (χ2n) is 4.33. The predicted octanol–water partition coefficient (Wildman–Crippen LogP) is 2.17. The Morgan fingerprint density at radius 1 is 1.47 bits per heavy atom. The van der Waals surface area contributed by atoms with Crippen molar-refractivity contribution in [2.24, 2.45) is 5.92 Å². The van der Waals surface area contributed by atoms with Crippen LogP contribution in [0, 0.1) is 5.92 Å². The van der Waals surface area contributed by atoms with Crippen LogP contribution in [-0.4, -0.2) is 14.7 Å². The number of hydrogen-bond donors (Lipinski definition) is 1. The van der Waals surface area contributed by atoms with Crippen molar-refractivity contribution in [3.63, 3.8) is 0 Å². The van der Waals surface area contributed by atoms with Gasteiger partial charge in [0.05, 0.1) is 17.8 Å². The van der Waals surface area contributed by atoms with Crippen LogP contribution in [-0.2, 0) is 0 Å². The zero-order valence-electron chi connectivity index (χ0n) is 8.50. The number of aliphatic hydroxyl groups is 1. The number of pyridine rings is 1. The van der Waals surface area contributed by atoms with Crippen molar-refractivity contribution < 1.29 is 5.11 Å². The van der Waals surface area contributed by atoms with Gasteiger partial charge in [-0.2, -0.15) is 5.10 Å². The van der Waals surface area contributed by atoms with E-state index in [4.69, 9.17) is 0 Å². The van der Waals surface area contributed by atoms with Gasteiger partial charge in [-0.05, 0) is 24.5 Å².